The first-order valence-corrected chi connectivity index (χ1v) is 10.3. The molecular formula is C30H22. The molecular weight excluding hydrogens is 360 g/mol. The van der Waals surface area contributed by atoms with E-state index < -0.39 is 0 Å². The second-order valence-corrected chi connectivity index (χ2v) is 7.40. The molecule has 30 heavy (non-hydrogen) atoms. The third-order valence-corrected chi connectivity index (χ3v) is 5.53. The molecule has 0 heteroatoms. The maximum atomic E-state index is 2.24. The van der Waals surface area contributed by atoms with Gasteiger partial charge in [0, 0.05) is 0 Å². The van der Waals surface area contributed by atoms with Gasteiger partial charge in [-0.15, -0.1) is 0 Å². The number of hydrogen-bond donors (Lipinski definition) is 0. The molecule has 0 amide bonds. The quantitative estimate of drug-likeness (QED) is 0.293. The molecule has 0 aromatic heterocycles. The predicted octanol–water partition coefficient (Wildman–Crippen LogP) is 8.35. The molecule has 0 radical (unpaired) electrons. The summed E-state index contributed by atoms with van der Waals surface area (Å²) in [5.41, 5.74) is 9.98. The lowest BCUT2D eigenvalue weighted by Crippen LogP contribution is -1.87. The molecule has 5 rings (SSSR count). The van der Waals surface area contributed by atoms with Crippen molar-refractivity contribution in [3.63, 3.8) is 0 Å². The SMILES string of the molecule is c1ccc(-c2ccccc2-c2ccc(-c3ccccc3-c3ccccc3)cc2)cc1. The topological polar surface area (TPSA) is 0 Å². The van der Waals surface area contributed by atoms with E-state index in [1.54, 1.807) is 0 Å². The molecule has 142 valence electrons. The van der Waals surface area contributed by atoms with Gasteiger partial charge in [-0.1, -0.05) is 133 Å². The Morgan fingerprint density at radius 2 is 0.433 bits per heavy atom. The van der Waals surface area contributed by atoms with Crippen LogP contribution < -0.4 is 0 Å². The zero-order chi connectivity index (χ0) is 20.2. The predicted molar refractivity (Wildman–Crippen MR) is 128 cm³/mol. The Morgan fingerprint density at radius 3 is 0.733 bits per heavy atom. The van der Waals surface area contributed by atoms with E-state index in [0.29, 0.717) is 0 Å². The van der Waals surface area contributed by atoms with E-state index in [9.17, 15) is 0 Å². The van der Waals surface area contributed by atoms with Crippen molar-refractivity contribution in [1.29, 1.82) is 0 Å². The van der Waals surface area contributed by atoms with Crippen LogP contribution in [0, 0.1) is 0 Å². The summed E-state index contributed by atoms with van der Waals surface area (Å²) < 4.78 is 0. The summed E-state index contributed by atoms with van der Waals surface area (Å²) in [6, 6.07) is 47.4. The Hall–Kier alpha value is -3.90. The summed E-state index contributed by atoms with van der Waals surface area (Å²) in [7, 11) is 0. The van der Waals surface area contributed by atoms with E-state index in [1.165, 1.54) is 44.5 Å². The zero-order valence-corrected chi connectivity index (χ0v) is 16.7. The van der Waals surface area contributed by atoms with Crippen molar-refractivity contribution in [2.45, 2.75) is 0 Å². The van der Waals surface area contributed by atoms with Crippen molar-refractivity contribution >= 4 is 0 Å². The molecule has 0 spiro atoms. The highest BCUT2D eigenvalue weighted by atomic mass is 14.1. The minimum atomic E-state index is 1.23. The molecule has 0 unspecified atom stereocenters. The van der Waals surface area contributed by atoms with Crippen LogP contribution >= 0.6 is 0 Å². The van der Waals surface area contributed by atoms with Crippen molar-refractivity contribution in [2.75, 3.05) is 0 Å². The molecule has 0 saturated heterocycles. The first-order valence-electron chi connectivity index (χ1n) is 10.3. The van der Waals surface area contributed by atoms with Crippen LogP contribution in [0.1, 0.15) is 0 Å². The Bertz CT molecular complexity index is 1150. The Labute approximate surface area is 178 Å². The van der Waals surface area contributed by atoms with Crippen LogP contribution in [0.3, 0.4) is 0 Å². The van der Waals surface area contributed by atoms with Crippen LogP contribution in [0.5, 0.6) is 0 Å². The standard InChI is InChI=1S/C30H22/c1-3-11-23(12-4-1)27-15-7-9-17-29(27)25-19-21-26(22-20-25)30-18-10-8-16-28(30)24-13-5-2-6-14-24/h1-22H. The van der Waals surface area contributed by atoms with E-state index in [2.05, 4.69) is 133 Å². The number of hydrogen-bond acceptors (Lipinski definition) is 0. The Balaban J connectivity index is 1.55. The molecule has 0 bridgehead atoms. The summed E-state index contributed by atoms with van der Waals surface area (Å²) in [5, 5.41) is 0. The number of rotatable bonds is 4. The normalized spacial score (nSPS) is 10.7. The van der Waals surface area contributed by atoms with Gasteiger partial charge in [-0.3, -0.25) is 0 Å². The summed E-state index contributed by atoms with van der Waals surface area (Å²) in [6.07, 6.45) is 0. The van der Waals surface area contributed by atoms with Gasteiger partial charge in [0.2, 0.25) is 0 Å². The highest BCUT2D eigenvalue weighted by Gasteiger charge is 2.09. The smallest absolute Gasteiger partial charge is 0.0105 e. The van der Waals surface area contributed by atoms with Crippen LogP contribution in [-0.2, 0) is 0 Å². The van der Waals surface area contributed by atoms with E-state index >= 15 is 0 Å². The van der Waals surface area contributed by atoms with Crippen molar-refractivity contribution in [2.24, 2.45) is 0 Å². The summed E-state index contributed by atoms with van der Waals surface area (Å²) >= 11 is 0. The van der Waals surface area contributed by atoms with E-state index in [1.807, 2.05) is 0 Å². The first kappa shape index (κ1) is 18.1. The summed E-state index contributed by atoms with van der Waals surface area (Å²) in [4.78, 5) is 0. The molecule has 0 heterocycles. The lowest BCUT2D eigenvalue weighted by molar-refractivity contribution is 1.56. The van der Waals surface area contributed by atoms with Crippen LogP contribution in [0.25, 0.3) is 44.5 Å². The third-order valence-electron chi connectivity index (χ3n) is 5.53. The average molecular weight is 383 g/mol. The minimum absolute atomic E-state index is 1.23. The summed E-state index contributed by atoms with van der Waals surface area (Å²) in [6.45, 7) is 0. The highest BCUT2D eigenvalue weighted by Crippen LogP contribution is 2.35. The van der Waals surface area contributed by atoms with Gasteiger partial charge in [0.1, 0.15) is 0 Å². The fourth-order valence-electron chi connectivity index (χ4n) is 4.04. The second kappa shape index (κ2) is 8.23. The van der Waals surface area contributed by atoms with Gasteiger partial charge in [-0.2, -0.15) is 0 Å². The van der Waals surface area contributed by atoms with Crippen LogP contribution in [-0.4, -0.2) is 0 Å². The minimum Gasteiger partial charge on any atom is -0.0622 e. The van der Waals surface area contributed by atoms with E-state index in [0.717, 1.165) is 0 Å². The van der Waals surface area contributed by atoms with E-state index in [-0.39, 0.29) is 0 Å². The lowest BCUT2D eigenvalue weighted by Gasteiger charge is -2.13. The molecule has 0 atom stereocenters. The molecule has 0 aliphatic rings. The third kappa shape index (κ3) is 3.56. The molecule has 5 aromatic rings. The molecule has 0 N–H and O–H groups in total. The second-order valence-electron chi connectivity index (χ2n) is 7.40. The molecule has 0 saturated carbocycles. The van der Waals surface area contributed by atoms with Gasteiger partial charge < -0.3 is 0 Å². The Morgan fingerprint density at radius 1 is 0.200 bits per heavy atom. The maximum absolute atomic E-state index is 2.24. The highest BCUT2D eigenvalue weighted by molar-refractivity contribution is 5.87. The van der Waals surface area contributed by atoms with Crippen molar-refractivity contribution < 1.29 is 0 Å². The van der Waals surface area contributed by atoms with Gasteiger partial charge in [-0.05, 0) is 44.5 Å². The largest absolute Gasteiger partial charge is 0.0622 e. The van der Waals surface area contributed by atoms with Crippen molar-refractivity contribution in [3.05, 3.63) is 133 Å². The maximum Gasteiger partial charge on any atom is -0.0105 e. The van der Waals surface area contributed by atoms with Crippen molar-refractivity contribution in [1.82, 2.24) is 0 Å². The molecule has 5 aromatic carbocycles. The molecule has 0 aliphatic carbocycles. The first-order chi connectivity index (χ1) is 14.9. The summed E-state index contributed by atoms with van der Waals surface area (Å²) in [5.74, 6) is 0. The van der Waals surface area contributed by atoms with Crippen molar-refractivity contribution in [3.8, 4) is 44.5 Å². The monoisotopic (exact) mass is 382 g/mol. The van der Waals surface area contributed by atoms with Crippen LogP contribution in [0.2, 0.25) is 0 Å². The fraction of sp³-hybridized carbons (Fsp3) is 0. The zero-order valence-electron chi connectivity index (χ0n) is 16.7. The van der Waals surface area contributed by atoms with Crippen LogP contribution in [0.4, 0.5) is 0 Å². The van der Waals surface area contributed by atoms with Crippen LogP contribution in [0.15, 0.2) is 133 Å². The van der Waals surface area contributed by atoms with Gasteiger partial charge in [-0.25, -0.2) is 0 Å². The lowest BCUT2D eigenvalue weighted by atomic mass is 9.91. The molecule has 0 nitrogen and oxygen atoms in total. The van der Waals surface area contributed by atoms with Gasteiger partial charge >= 0.3 is 0 Å². The Kier molecular flexibility index (Phi) is 4.98. The molecule has 0 aliphatic heterocycles. The molecule has 0 fully saturated rings. The van der Waals surface area contributed by atoms with E-state index in [4.69, 9.17) is 0 Å². The number of benzene rings is 5. The van der Waals surface area contributed by atoms with Gasteiger partial charge in [0.05, 0.1) is 0 Å². The van der Waals surface area contributed by atoms with Gasteiger partial charge in [0.15, 0.2) is 0 Å². The van der Waals surface area contributed by atoms with Gasteiger partial charge in [0.25, 0.3) is 0 Å². The average Bonchev–Trinajstić information content (AvgIpc) is 2.85. The fourth-order valence-corrected chi connectivity index (χ4v) is 4.04.